The van der Waals surface area contributed by atoms with E-state index in [-0.39, 0.29) is 5.91 Å². The lowest BCUT2D eigenvalue weighted by Gasteiger charge is -2.21. The molecule has 0 aromatic heterocycles. The molecule has 0 spiro atoms. The van der Waals surface area contributed by atoms with Crippen molar-refractivity contribution in [3.05, 3.63) is 12.2 Å². The van der Waals surface area contributed by atoms with Crippen LogP contribution in [0, 0.1) is 0 Å². The number of hydrogen-bond donors (Lipinski definition) is 2. The molecule has 1 aliphatic rings. The van der Waals surface area contributed by atoms with E-state index in [1.54, 1.807) is 6.08 Å². The summed E-state index contributed by atoms with van der Waals surface area (Å²) >= 11 is 1.91. The molecule has 3 nitrogen and oxygen atoms in total. The van der Waals surface area contributed by atoms with Crippen LogP contribution < -0.4 is 11.1 Å². The second kappa shape index (κ2) is 6.05. The van der Waals surface area contributed by atoms with Crippen molar-refractivity contribution in [2.24, 2.45) is 5.73 Å². The van der Waals surface area contributed by atoms with Crippen molar-refractivity contribution in [1.82, 2.24) is 5.32 Å². The van der Waals surface area contributed by atoms with Gasteiger partial charge in [-0.2, -0.15) is 11.8 Å². The Balaban J connectivity index is 2.22. The van der Waals surface area contributed by atoms with E-state index in [0.29, 0.717) is 12.6 Å². The third-order valence-electron chi connectivity index (χ3n) is 1.91. The number of nitrogens with two attached hydrogens (primary N) is 1. The highest BCUT2D eigenvalue weighted by Gasteiger charge is 2.14. The maximum Gasteiger partial charge on any atom is 0.243 e. The van der Waals surface area contributed by atoms with Crippen LogP contribution in [-0.4, -0.2) is 30.0 Å². The fraction of sp³-hybridized carbons (Fsp3) is 0.667. The van der Waals surface area contributed by atoms with Gasteiger partial charge in [0.2, 0.25) is 5.91 Å². The Morgan fingerprint density at radius 1 is 1.69 bits per heavy atom. The van der Waals surface area contributed by atoms with Crippen LogP contribution >= 0.6 is 11.8 Å². The number of carbonyl (C=O) groups excluding carboxylic acids is 1. The van der Waals surface area contributed by atoms with Crippen LogP contribution in [0.25, 0.3) is 0 Å². The lowest BCUT2D eigenvalue weighted by Crippen LogP contribution is -2.37. The Hall–Kier alpha value is -0.480. The van der Waals surface area contributed by atoms with Gasteiger partial charge in [-0.3, -0.25) is 4.79 Å². The van der Waals surface area contributed by atoms with E-state index in [4.69, 9.17) is 5.73 Å². The molecular weight excluding hydrogens is 184 g/mol. The fourth-order valence-electron chi connectivity index (χ4n) is 1.28. The monoisotopic (exact) mass is 200 g/mol. The largest absolute Gasteiger partial charge is 0.349 e. The molecule has 1 amide bonds. The van der Waals surface area contributed by atoms with E-state index < -0.39 is 0 Å². The minimum absolute atomic E-state index is 0.0158. The van der Waals surface area contributed by atoms with Gasteiger partial charge in [-0.25, -0.2) is 0 Å². The highest BCUT2D eigenvalue weighted by molar-refractivity contribution is 7.99. The summed E-state index contributed by atoms with van der Waals surface area (Å²) in [6.07, 6.45) is 5.50. The molecule has 1 fully saturated rings. The molecule has 1 aliphatic heterocycles. The smallest absolute Gasteiger partial charge is 0.243 e. The average Bonchev–Trinajstić information content (AvgIpc) is 2.16. The molecule has 0 radical (unpaired) electrons. The van der Waals surface area contributed by atoms with Gasteiger partial charge in [-0.05, 0) is 18.6 Å². The number of thioether (sulfide) groups is 1. The van der Waals surface area contributed by atoms with E-state index >= 15 is 0 Å². The number of carbonyl (C=O) groups is 1. The third kappa shape index (κ3) is 4.33. The lowest BCUT2D eigenvalue weighted by atomic mass is 10.2. The first-order valence-corrected chi connectivity index (χ1v) is 5.73. The first-order valence-electron chi connectivity index (χ1n) is 4.58. The molecule has 0 aliphatic carbocycles. The van der Waals surface area contributed by atoms with Gasteiger partial charge in [-0.1, -0.05) is 6.08 Å². The van der Waals surface area contributed by atoms with Gasteiger partial charge in [0.25, 0.3) is 0 Å². The van der Waals surface area contributed by atoms with Crippen LogP contribution in [-0.2, 0) is 4.79 Å². The minimum atomic E-state index is -0.0158. The van der Waals surface area contributed by atoms with Gasteiger partial charge in [0.1, 0.15) is 0 Å². The zero-order chi connectivity index (χ0) is 9.52. The van der Waals surface area contributed by atoms with E-state index in [1.807, 2.05) is 11.8 Å². The van der Waals surface area contributed by atoms with Crippen molar-refractivity contribution in [2.45, 2.75) is 18.9 Å². The van der Waals surface area contributed by atoms with Gasteiger partial charge in [-0.15, -0.1) is 0 Å². The number of rotatable bonds is 3. The standard InChI is InChI=1S/C9H16N2OS/c10-5-1-4-9(12)11-8-3-2-6-13-7-8/h1,4,8H,2-3,5-7,10H2,(H,11,12)/b4-1+. The molecule has 0 bridgehead atoms. The van der Waals surface area contributed by atoms with E-state index in [9.17, 15) is 4.79 Å². The van der Waals surface area contributed by atoms with Crippen molar-refractivity contribution in [3.63, 3.8) is 0 Å². The van der Waals surface area contributed by atoms with E-state index in [1.165, 1.54) is 18.2 Å². The second-order valence-corrected chi connectivity index (χ2v) is 4.21. The summed E-state index contributed by atoms with van der Waals surface area (Å²) in [5, 5.41) is 2.95. The highest BCUT2D eigenvalue weighted by Crippen LogP contribution is 2.16. The summed E-state index contributed by atoms with van der Waals surface area (Å²) in [5.41, 5.74) is 5.24. The van der Waals surface area contributed by atoms with Crippen LogP contribution in [0.5, 0.6) is 0 Å². The maximum atomic E-state index is 11.2. The summed E-state index contributed by atoms with van der Waals surface area (Å²) in [4.78, 5) is 11.2. The summed E-state index contributed by atoms with van der Waals surface area (Å²) in [5.74, 6) is 2.26. The first-order chi connectivity index (χ1) is 6.33. The summed E-state index contributed by atoms with van der Waals surface area (Å²) in [7, 11) is 0. The summed E-state index contributed by atoms with van der Waals surface area (Å²) in [6.45, 7) is 0.423. The molecular formula is C9H16N2OS. The van der Waals surface area contributed by atoms with Gasteiger partial charge in [0, 0.05) is 24.4 Å². The molecule has 3 N–H and O–H groups in total. The highest BCUT2D eigenvalue weighted by atomic mass is 32.2. The minimum Gasteiger partial charge on any atom is -0.349 e. The predicted molar refractivity (Wildman–Crippen MR) is 56.7 cm³/mol. The molecule has 13 heavy (non-hydrogen) atoms. The second-order valence-electron chi connectivity index (χ2n) is 3.06. The zero-order valence-corrected chi connectivity index (χ0v) is 8.48. The van der Waals surface area contributed by atoms with Gasteiger partial charge in [0.15, 0.2) is 0 Å². The molecule has 1 saturated heterocycles. The van der Waals surface area contributed by atoms with Crippen molar-refractivity contribution >= 4 is 17.7 Å². The third-order valence-corrected chi connectivity index (χ3v) is 3.13. The topological polar surface area (TPSA) is 55.1 Å². The van der Waals surface area contributed by atoms with Crippen molar-refractivity contribution < 1.29 is 4.79 Å². The molecule has 74 valence electrons. The molecule has 0 saturated carbocycles. The molecule has 0 aromatic rings. The van der Waals surface area contributed by atoms with Crippen molar-refractivity contribution in [2.75, 3.05) is 18.1 Å². The Kier molecular flexibility index (Phi) is 4.93. The van der Waals surface area contributed by atoms with Crippen LogP contribution in [0.3, 0.4) is 0 Å². The number of nitrogens with one attached hydrogen (secondary N) is 1. The molecule has 1 unspecified atom stereocenters. The fourth-order valence-corrected chi connectivity index (χ4v) is 2.35. The van der Waals surface area contributed by atoms with Crippen LogP contribution in [0.1, 0.15) is 12.8 Å². The number of amides is 1. The first kappa shape index (κ1) is 10.6. The SMILES string of the molecule is NC/C=C/C(=O)NC1CCCSC1. The molecule has 4 heteroatoms. The Morgan fingerprint density at radius 2 is 2.54 bits per heavy atom. The van der Waals surface area contributed by atoms with Crippen LogP contribution in [0.15, 0.2) is 12.2 Å². The Morgan fingerprint density at radius 3 is 3.15 bits per heavy atom. The zero-order valence-electron chi connectivity index (χ0n) is 7.66. The Bertz CT molecular complexity index is 188. The quantitative estimate of drug-likeness (QED) is 0.653. The van der Waals surface area contributed by atoms with Gasteiger partial charge >= 0.3 is 0 Å². The maximum absolute atomic E-state index is 11.2. The molecule has 1 rings (SSSR count). The van der Waals surface area contributed by atoms with Gasteiger partial charge < -0.3 is 11.1 Å². The predicted octanol–water partition coefficient (Wildman–Crippen LogP) is 0.513. The van der Waals surface area contributed by atoms with E-state index in [2.05, 4.69) is 5.32 Å². The van der Waals surface area contributed by atoms with Crippen molar-refractivity contribution in [1.29, 1.82) is 0 Å². The molecule has 1 atom stereocenters. The van der Waals surface area contributed by atoms with E-state index in [0.717, 1.165) is 12.2 Å². The number of hydrogen-bond acceptors (Lipinski definition) is 3. The average molecular weight is 200 g/mol. The Labute approximate surface area is 83.1 Å². The van der Waals surface area contributed by atoms with Gasteiger partial charge in [0.05, 0.1) is 0 Å². The molecule has 0 aromatic carbocycles. The lowest BCUT2D eigenvalue weighted by molar-refractivity contribution is -0.117. The summed E-state index contributed by atoms with van der Waals surface area (Å²) in [6, 6.07) is 0.355. The molecule has 1 heterocycles. The van der Waals surface area contributed by atoms with Crippen LogP contribution in [0.2, 0.25) is 0 Å². The van der Waals surface area contributed by atoms with Crippen LogP contribution in [0.4, 0.5) is 0 Å². The van der Waals surface area contributed by atoms with Crippen molar-refractivity contribution in [3.8, 4) is 0 Å². The normalized spacial score (nSPS) is 23.3. The summed E-state index contributed by atoms with van der Waals surface area (Å²) < 4.78 is 0.